The van der Waals surface area contributed by atoms with Crippen LogP contribution in [0.15, 0.2) is 85.3 Å². The molecule has 0 aliphatic heterocycles. The van der Waals surface area contributed by atoms with Gasteiger partial charge in [0.25, 0.3) is 5.91 Å². The third-order valence-electron chi connectivity index (χ3n) is 4.22. The molecule has 0 atom stereocenters. The molecule has 5 nitrogen and oxygen atoms in total. The Bertz CT molecular complexity index is 1090. The largest absolute Gasteiger partial charge is 0.323 e. The maximum absolute atomic E-state index is 12.9. The number of rotatable bonds is 4. The summed E-state index contributed by atoms with van der Waals surface area (Å²) in [5.41, 5.74) is 3.92. The average Bonchev–Trinajstić information content (AvgIpc) is 3.23. The fourth-order valence-corrected chi connectivity index (χ4v) is 2.96. The SMILES string of the molecule is Cc1nccc(-c2cccc(NC(=O)c3ccccc3-n3cccc3)c2)n1. The number of para-hydroxylation sites is 1. The number of nitrogens with one attached hydrogen (secondary N) is 1. The second kappa shape index (κ2) is 7.25. The Balaban J connectivity index is 1.62. The molecule has 2 heterocycles. The Kier molecular flexibility index (Phi) is 4.49. The van der Waals surface area contributed by atoms with Gasteiger partial charge in [-0.05, 0) is 49.4 Å². The highest BCUT2D eigenvalue weighted by atomic mass is 16.1. The van der Waals surface area contributed by atoms with Gasteiger partial charge in [0.05, 0.1) is 16.9 Å². The number of hydrogen-bond acceptors (Lipinski definition) is 3. The Morgan fingerprint density at radius 1 is 0.963 bits per heavy atom. The average molecular weight is 354 g/mol. The molecule has 132 valence electrons. The zero-order valence-corrected chi connectivity index (χ0v) is 14.8. The third kappa shape index (κ3) is 3.62. The van der Waals surface area contributed by atoms with Crippen molar-refractivity contribution in [3.63, 3.8) is 0 Å². The van der Waals surface area contributed by atoms with Crippen molar-refractivity contribution in [3.05, 3.63) is 96.7 Å². The van der Waals surface area contributed by atoms with E-state index in [0.717, 1.165) is 22.6 Å². The highest BCUT2D eigenvalue weighted by molar-refractivity contribution is 6.07. The first-order valence-electron chi connectivity index (χ1n) is 8.64. The summed E-state index contributed by atoms with van der Waals surface area (Å²) in [5.74, 6) is 0.554. The normalized spacial score (nSPS) is 10.6. The Morgan fingerprint density at radius 2 is 1.78 bits per heavy atom. The zero-order chi connectivity index (χ0) is 18.6. The van der Waals surface area contributed by atoms with E-state index in [-0.39, 0.29) is 5.91 Å². The van der Waals surface area contributed by atoms with Gasteiger partial charge in [0.15, 0.2) is 0 Å². The number of carbonyl (C=O) groups is 1. The highest BCUT2D eigenvalue weighted by Crippen LogP contribution is 2.22. The van der Waals surface area contributed by atoms with E-state index in [2.05, 4.69) is 15.3 Å². The summed E-state index contributed by atoms with van der Waals surface area (Å²) in [6.45, 7) is 1.85. The van der Waals surface area contributed by atoms with Crippen LogP contribution in [-0.2, 0) is 0 Å². The molecular formula is C22H18N4O. The predicted octanol–water partition coefficient (Wildman–Crippen LogP) is 4.50. The number of carbonyl (C=O) groups excluding carboxylic acids is 1. The van der Waals surface area contributed by atoms with Crippen molar-refractivity contribution >= 4 is 11.6 Å². The van der Waals surface area contributed by atoms with Gasteiger partial charge in [0, 0.05) is 29.8 Å². The Morgan fingerprint density at radius 3 is 2.59 bits per heavy atom. The molecule has 0 spiro atoms. The van der Waals surface area contributed by atoms with Crippen LogP contribution in [0.3, 0.4) is 0 Å². The fraction of sp³-hybridized carbons (Fsp3) is 0.0455. The summed E-state index contributed by atoms with van der Waals surface area (Å²) < 4.78 is 1.93. The van der Waals surface area contributed by atoms with Gasteiger partial charge in [0.1, 0.15) is 5.82 Å². The van der Waals surface area contributed by atoms with Crippen molar-refractivity contribution in [1.82, 2.24) is 14.5 Å². The summed E-state index contributed by atoms with van der Waals surface area (Å²) >= 11 is 0. The molecule has 0 bridgehead atoms. The van der Waals surface area contributed by atoms with Crippen molar-refractivity contribution in [2.24, 2.45) is 0 Å². The summed E-state index contributed by atoms with van der Waals surface area (Å²) in [6, 6.07) is 20.9. The van der Waals surface area contributed by atoms with Gasteiger partial charge in [-0.3, -0.25) is 4.79 Å². The van der Waals surface area contributed by atoms with Gasteiger partial charge in [-0.25, -0.2) is 9.97 Å². The van der Waals surface area contributed by atoms with E-state index in [4.69, 9.17) is 0 Å². The maximum Gasteiger partial charge on any atom is 0.257 e. The molecule has 4 aromatic rings. The van der Waals surface area contributed by atoms with Gasteiger partial charge < -0.3 is 9.88 Å². The van der Waals surface area contributed by atoms with Crippen LogP contribution in [0.5, 0.6) is 0 Å². The van der Waals surface area contributed by atoms with E-state index in [9.17, 15) is 4.79 Å². The quantitative estimate of drug-likeness (QED) is 0.587. The van der Waals surface area contributed by atoms with Crippen LogP contribution < -0.4 is 5.32 Å². The monoisotopic (exact) mass is 354 g/mol. The van der Waals surface area contributed by atoms with Crippen LogP contribution in [0.1, 0.15) is 16.2 Å². The van der Waals surface area contributed by atoms with Gasteiger partial charge in [-0.15, -0.1) is 0 Å². The predicted molar refractivity (Wildman–Crippen MR) is 106 cm³/mol. The molecule has 4 rings (SSSR count). The van der Waals surface area contributed by atoms with E-state index in [1.807, 2.05) is 90.6 Å². The number of aromatic nitrogens is 3. The lowest BCUT2D eigenvalue weighted by atomic mass is 10.1. The molecular weight excluding hydrogens is 336 g/mol. The first-order valence-corrected chi connectivity index (χ1v) is 8.64. The van der Waals surface area contributed by atoms with E-state index < -0.39 is 0 Å². The number of nitrogens with zero attached hydrogens (tertiary/aromatic N) is 3. The minimum absolute atomic E-state index is 0.157. The molecule has 0 radical (unpaired) electrons. The van der Waals surface area contributed by atoms with Gasteiger partial charge in [-0.2, -0.15) is 0 Å². The van der Waals surface area contributed by atoms with Crippen molar-refractivity contribution in [3.8, 4) is 16.9 Å². The van der Waals surface area contributed by atoms with Crippen molar-refractivity contribution < 1.29 is 4.79 Å². The van der Waals surface area contributed by atoms with E-state index in [1.165, 1.54) is 0 Å². The topological polar surface area (TPSA) is 59.8 Å². The van der Waals surface area contributed by atoms with Gasteiger partial charge in [0.2, 0.25) is 0 Å². The molecule has 0 unspecified atom stereocenters. The van der Waals surface area contributed by atoms with Crippen LogP contribution in [0.2, 0.25) is 0 Å². The third-order valence-corrected chi connectivity index (χ3v) is 4.22. The Hall–Kier alpha value is -3.73. The molecule has 1 amide bonds. The molecule has 5 heteroatoms. The summed E-state index contributed by atoms with van der Waals surface area (Å²) in [4.78, 5) is 21.5. The van der Waals surface area contributed by atoms with Crippen molar-refractivity contribution in [2.45, 2.75) is 6.92 Å². The van der Waals surface area contributed by atoms with Crippen molar-refractivity contribution in [1.29, 1.82) is 0 Å². The van der Waals surface area contributed by atoms with E-state index in [0.29, 0.717) is 11.4 Å². The summed E-state index contributed by atoms with van der Waals surface area (Å²) in [6.07, 6.45) is 5.57. The lowest BCUT2D eigenvalue weighted by Gasteiger charge is -2.12. The summed E-state index contributed by atoms with van der Waals surface area (Å²) in [7, 11) is 0. The minimum Gasteiger partial charge on any atom is -0.323 e. The molecule has 0 saturated carbocycles. The lowest BCUT2D eigenvalue weighted by molar-refractivity contribution is 0.102. The molecule has 2 aromatic carbocycles. The molecule has 27 heavy (non-hydrogen) atoms. The molecule has 0 aliphatic carbocycles. The molecule has 0 saturated heterocycles. The highest BCUT2D eigenvalue weighted by Gasteiger charge is 2.12. The van der Waals surface area contributed by atoms with Crippen LogP contribution in [0.25, 0.3) is 16.9 Å². The smallest absolute Gasteiger partial charge is 0.257 e. The minimum atomic E-state index is -0.157. The summed E-state index contributed by atoms with van der Waals surface area (Å²) in [5, 5.41) is 2.99. The first-order chi connectivity index (χ1) is 13.2. The number of hydrogen-bond donors (Lipinski definition) is 1. The fourth-order valence-electron chi connectivity index (χ4n) is 2.96. The van der Waals surface area contributed by atoms with Crippen LogP contribution in [-0.4, -0.2) is 20.4 Å². The van der Waals surface area contributed by atoms with Crippen LogP contribution in [0.4, 0.5) is 5.69 Å². The molecule has 2 aromatic heterocycles. The second-order valence-corrected chi connectivity index (χ2v) is 6.13. The first kappa shape index (κ1) is 16.7. The molecule has 0 aliphatic rings. The lowest BCUT2D eigenvalue weighted by Crippen LogP contribution is -2.14. The molecule has 1 N–H and O–H groups in total. The number of amides is 1. The second-order valence-electron chi connectivity index (χ2n) is 6.13. The standard InChI is InChI=1S/C22H18N4O/c1-16-23-12-11-20(24-16)17-7-6-8-18(15-17)25-22(27)19-9-2-3-10-21(19)26-13-4-5-14-26/h2-15H,1H3,(H,25,27). The van der Waals surface area contributed by atoms with E-state index >= 15 is 0 Å². The van der Waals surface area contributed by atoms with Crippen LogP contribution >= 0.6 is 0 Å². The van der Waals surface area contributed by atoms with Gasteiger partial charge >= 0.3 is 0 Å². The van der Waals surface area contributed by atoms with Crippen molar-refractivity contribution in [2.75, 3.05) is 5.32 Å². The number of aryl methyl sites for hydroxylation is 1. The van der Waals surface area contributed by atoms with Crippen LogP contribution in [0, 0.1) is 6.92 Å². The van der Waals surface area contributed by atoms with E-state index in [1.54, 1.807) is 6.20 Å². The maximum atomic E-state index is 12.9. The van der Waals surface area contributed by atoms with Gasteiger partial charge in [-0.1, -0.05) is 24.3 Å². The molecule has 0 fully saturated rings. The number of benzene rings is 2. The zero-order valence-electron chi connectivity index (χ0n) is 14.8. The Labute approximate surface area is 157 Å². The number of anilines is 1.